The molecule has 28 heavy (non-hydrogen) atoms. The fourth-order valence-corrected chi connectivity index (χ4v) is 3.98. The van der Waals surface area contributed by atoms with Crippen LogP contribution in [-0.2, 0) is 6.54 Å². The number of hydrogen-bond donors (Lipinski definition) is 2. The summed E-state index contributed by atoms with van der Waals surface area (Å²) in [5.41, 5.74) is 6.54. The van der Waals surface area contributed by atoms with Crippen LogP contribution >= 0.6 is 0 Å². The molecule has 0 spiro atoms. The second-order valence-corrected chi connectivity index (χ2v) is 7.44. The largest absolute Gasteiger partial charge is 0.354 e. The summed E-state index contributed by atoms with van der Waals surface area (Å²) in [5, 5.41) is 1.30. The first-order valence-electron chi connectivity index (χ1n) is 10.3. The average Bonchev–Trinajstić information content (AvgIpc) is 3.24. The molecular formula is C23H29N5. The standard InChI is InChI=1S/C21H23N5.C2H6/c1-13-23-20-16(9-10-22-21(20)24-13)19-11-17-14(5-3-8-18(17)25-19)12-26(2)15-6-4-7-15;1-2/h3,5,8-11,15,25H,4,6-7,12H2,1-2H3,(H,22,23,24);1-2H3. The second-order valence-electron chi connectivity index (χ2n) is 7.44. The average molecular weight is 376 g/mol. The Labute approximate surface area is 166 Å². The van der Waals surface area contributed by atoms with Gasteiger partial charge in [0.05, 0.1) is 5.52 Å². The number of nitrogens with zero attached hydrogens (tertiary/aromatic N) is 3. The smallest absolute Gasteiger partial charge is 0.178 e. The summed E-state index contributed by atoms with van der Waals surface area (Å²) < 4.78 is 0. The molecule has 146 valence electrons. The Balaban J connectivity index is 0.000000932. The molecule has 1 saturated carbocycles. The van der Waals surface area contributed by atoms with Crippen molar-refractivity contribution in [3.8, 4) is 11.3 Å². The third-order valence-electron chi connectivity index (χ3n) is 5.67. The van der Waals surface area contributed by atoms with Crippen LogP contribution in [0.2, 0.25) is 0 Å². The predicted octanol–water partition coefficient (Wildman–Crippen LogP) is 5.43. The first-order chi connectivity index (χ1) is 13.7. The zero-order chi connectivity index (χ0) is 19.7. The zero-order valence-electron chi connectivity index (χ0n) is 17.2. The van der Waals surface area contributed by atoms with E-state index in [2.05, 4.69) is 56.1 Å². The fraction of sp³-hybridized carbons (Fsp3) is 0.391. The number of hydrogen-bond acceptors (Lipinski definition) is 3. The van der Waals surface area contributed by atoms with Crippen molar-refractivity contribution in [1.29, 1.82) is 0 Å². The highest BCUT2D eigenvalue weighted by atomic mass is 15.1. The molecule has 1 aliphatic rings. The van der Waals surface area contributed by atoms with Crippen LogP contribution in [0.15, 0.2) is 36.5 Å². The minimum atomic E-state index is 0.747. The molecule has 1 fully saturated rings. The second kappa shape index (κ2) is 7.76. The van der Waals surface area contributed by atoms with Crippen molar-refractivity contribution in [2.75, 3.05) is 7.05 Å². The highest BCUT2D eigenvalue weighted by molar-refractivity contribution is 5.94. The van der Waals surface area contributed by atoms with Crippen LogP contribution in [0.25, 0.3) is 33.3 Å². The highest BCUT2D eigenvalue weighted by Gasteiger charge is 2.22. The maximum Gasteiger partial charge on any atom is 0.178 e. The van der Waals surface area contributed by atoms with Crippen molar-refractivity contribution < 1.29 is 0 Å². The van der Waals surface area contributed by atoms with Gasteiger partial charge in [0, 0.05) is 40.9 Å². The molecule has 1 aliphatic carbocycles. The van der Waals surface area contributed by atoms with E-state index >= 15 is 0 Å². The topological polar surface area (TPSA) is 60.6 Å². The lowest BCUT2D eigenvalue weighted by Crippen LogP contribution is -2.36. The molecule has 4 aromatic rings. The molecule has 3 aromatic heterocycles. The van der Waals surface area contributed by atoms with Crippen LogP contribution in [-0.4, -0.2) is 37.9 Å². The van der Waals surface area contributed by atoms with Crippen LogP contribution in [0.1, 0.15) is 44.5 Å². The molecule has 0 bridgehead atoms. The van der Waals surface area contributed by atoms with E-state index in [0.29, 0.717) is 0 Å². The molecule has 0 atom stereocenters. The number of rotatable bonds is 4. The Morgan fingerprint density at radius 3 is 2.71 bits per heavy atom. The molecule has 5 rings (SSSR count). The Bertz CT molecular complexity index is 1090. The third-order valence-corrected chi connectivity index (χ3v) is 5.67. The lowest BCUT2D eigenvalue weighted by atomic mass is 9.91. The molecule has 0 amide bonds. The molecule has 3 heterocycles. The normalized spacial score (nSPS) is 14.3. The van der Waals surface area contributed by atoms with Gasteiger partial charge in [0.2, 0.25) is 0 Å². The van der Waals surface area contributed by atoms with E-state index in [1.807, 2.05) is 33.0 Å². The number of H-pyrrole nitrogens is 2. The van der Waals surface area contributed by atoms with E-state index in [-0.39, 0.29) is 0 Å². The summed E-state index contributed by atoms with van der Waals surface area (Å²) in [6, 6.07) is 11.6. The van der Waals surface area contributed by atoms with Gasteiger partial charge < -0.3 is 9.97 Å². The lowest BCUT2D eigenvalue weighted by molar-refractivity contribution is 0.153. The molecular weight excluding hydrogens is 346 g/mol. The summed E-state index contributed by atoms with van der Waals surface area (Å²) in [5.74, 6) is 0.888. The molecule has 0 aliphatic heterocycles. The molecule has 1 aromatic carbocycles. The molecule has 0 radical (unpaired) electrons. The van der Waals surface area contributed by atoms with Crippen LogP contribution in [0.5, 0.6) is 0 Å². The summed E-state index contributed by atoms with van der Waals surface area (Å²) in [6.45, 7) is 6.96. The molecule has 5 nitrogen and oxygen atoms in total. The third kappa shape index (κ3) is 3.31. The number of aromatic amines is 2. The van der Waals surface area contributed by atoms with Gasteiger partial charge in [-0.25, -0.2) is 9.97 Å². The Morgan fingerprint density at radius 2 is 1.96 bits per heavy atom. The monoisotopic (exact) mass is 375 g/mol. The van der Waals surface area contributed by atoms with Gasteiger partial charge in [-0.05, 0) is 50.6 Å². The van der Waals surface area contributed by atoms with Crippen molar-refractivity contribution in [3.63, 3.8) is 0 Å². The van der Waals surface area contributed by atoms with Crippen molar-refractivity contribution in [2.45, 2.75) is 52.6 Å². The maximum absolute atomic E-state index is 4.46. The van der Waals surface area contributed by atoms with E-state index < -0.39 is 0 Å². The van der Waals surface area contributed by atoms with Crippen LogP contribution in [0.4, 0.5) is 0 Å². The van der Waals surface area contributed by atoms with Crippen molar-refractivity contribution >= 4 is 22.1 Å². The minimum Gasteiger partial charge on any atom is -0.354 e. The van der Waals surface area contributed by atoms with Gasteiger partial charge in [-0.2, -0.15) is 0 Å². The molecule has 2 N–H and O–H groups in total. The fourth-order valence-electron chi connectivity index (χ4n) is 3.98. The Morgan fingerprint density at radius 1 is 1.14 bits per heavy atom. The first-order valence-corrected chi connectivity index (χ1v) is 10.3. The predicted molar refractivity (Wildman–Crippen MR) is 116 cm³/mol. The van der Waals surface area contributed by atoms with E-state index in [1.165, 1.54) is 35.7 Å². The number of fused-ring (bicyclic) bond motifs is 2. The van der Waals surface area contributed by atoms with Gasteiger partial charge in [0.15, 0.2) is 5.65 Å². The summed E-state index contributed by atoms with van der Waals surface area (Å²) >= 11 is 0. The van der Waals surface area contributed by atoms with Crippen molar-refractivity contribution in [1.82, 2.24) is 24.8 Å². The summed E-state index contributed by atoms with van der Waals surface area (Å²) in [4.78, 5) is 18.3. The highest BCUT2D eigenvalue weighted by Crippen LogP contribution is 2.31. The van der Waals surface area contributed by atoms with Gasteiger partial charge in [0.1, 0.15) is 5.82 Å². The molecule has 5 heteroatoms. The summed E-state index contributed by atoms with van der Waals surface area (Å²) in [7, 11) is 2.25. The number of nitrogens with one attached hydrogen (secondary N) is 2. The SMILES string of the molecule is CC.Cc1nc2nccc(-c3cc4c(CN(C)C5CCC5)cccc4[nH]3)c2[nH]1. The Kier molecular flexibility index (Phi) is 5.18. The van der Waals surface area contributed by atoms with E-state index in [1.54, 1.807) is 0 Å². The number of imidazole rings is 1. The number of pyridine rings is 1. The lowest BCUT2D eigenvalue weighted by Gasteiger charge is -2.34. The van der Waals surface area contributed by atoms with Crippen LogP contribution in [0, 0.1) is 6.92 Å². The first kappa shape index (κ1) is 18.7. The minimum absolute atomic E-state index is 0.747. The van der Waals surface area contributed by atoms with Crippen LogP contribution < -0.4 is 0 Å². The number of benzene rings is 1. The maximum atomic E-state index is 4.46. The van der Waals surface area contributed by atoms with Gasteiger partial charge in [-0.3, -0.25) is 4.90 Å². The molecule has 0 unspecified atom stereocenters. The van der Waals surface area contributed by atoms with Crippen LogP contribution in [0.3, 0.4) is 0 Å². The molecule has 0 saturated heterocycles. The number of aryl methyl sites for hydroxylation is 1. The Hall–Kier alpha value is -2.66. The van der Waals surface area contributed by atoms with Gasteiger partial charge >= 0.3 is 0 Å². The zero-order valence-corrected chi connectivity index (χ0v) is 17.2. The van der Waals surface area contributed by atoms with Gasteiger partial charge in [-0.1, -0.05) is 32.4 Å². The van der Waals surface area contributed by atoms with Crippen molar-refractivity contribution in [2.24, 2.45) is 0 Å². The summed E-state index contributed by atoms with van der Waals surface area (Å²) in [6.07, 6.45) is 5.86. The van der Waals surface area contributed by atoms with Gasteiger partial charge in [-0.15, -0.1) is 0 Å². The van der Waals surface area contributed by atoms with E-state index in [9.17, 15) is 0 Å². The number of aromatic nitrogens is 4. The van der Waals surface area contributed by atoms with E-state index in [0.717, 1.165) is 40.8 Å². The van der Waals surface area contributed by atoms with E-state index in [4.69, 9.17) is 0 Å². The quantitative estimate of drug-likeness (QED) is 0.500. The van der Waals surface area contributed by atoms with Gasteiger partial charge in [0.25, 0.3) is 0 Å². The van der Waals surface area contributed by atoms with Crippen molar-refractivity contribution in [3.05, 3.63) is 47.9 Å².